The normalized spacial score (nSPS) is 12.9. The average molecular weight is 395 g/mol. The minimum atomic E-state index is 0.302. The minimum absolute atomic E-state index is 0.302. The van der Waals surface area contributed by atoms with Crippen molar-refractivity contribution in [1.82, 2.24) is 20.2 Å². The number of hydrogen-bond donors (Lipinski definition) is 5. The molecule has 0 aliphatic carbocycles. The second-order valence-electron chi connectivity index (χ2n) is 6.69. The number of rotatable bonds is 9. The van der Waals surface area contributed by atoms with Crippen LogP contribution < -0.4 is 22.1 Å². The molecule has 8 heteroatoms. The molecule has 29 heavy (non-hydrogen) atoms. The lowest BCUT2D eigenvalue weighted by molar-refractivity contribution is 0.306. The minimum Gasteiger partial charge on any atom is -0.403 e. The van der Waals surface area contributed by atoms with Gasteiger partial charge in [-0.05, 0) is 39.0 Å². The zero-order valence-corrected chi connectivity index (χ0v) is 17.4. The molecule has 0 saturated heterocycles. The number of likely N-dealkylation sites (N-methyl/N-ethyl adjacent to an activating group) is 1. The Balaban J connectivity index is 2.31. The monoisotopic (exact) mass is 394 g/mol. The summed E-state index contributed by atoms with van der Waals surface area (Å²) in [6, 6.07) is 5.89. The molecule has 0 fully saturated rings. The first-order valence-electron chi connectivity index (χ1n) is 9.51. The lowest BCUT2D eigenvalue weighted by Crippen LogP contribution is -2.30. The molecule has 0 amide bonds. The van der Waals surface area contributed by atoms with Crippen LogP contribution in [0.5, 0.6) is 0 Å². The number of anilines is 1. The van der Waals surface area contributed by atoms with E-state index in [4.69, 9.17) is 16.9 Å². The molecule has 2 heterocycles. The van der Waals surface area contributed by atoms with Gasteiger partial charge in [0.2, 0.25) is 0 Å². The largest absolute Gasteiger partial charge is 0.403 e. The van der Waals surface area contributed by atoms with Gasteiger partial charge in [-0.15, -0.1) is 0 Å². The molecule has 0 saturated carbocycles. The fourth-order valence-electron chi connectivity index (χ4n) is 3.01. The second-order valence-corrected chi connectivity index (χ2v) is 6.69. The highest BCUT2D eigenvalue weighted by atomic mass is 15.2. The van der Waals surface area contributed by atoms with Crippen LogP contribution in [-0.4, -0.2) is 40.7 Å². The van der Waals surface area contributed by atoms with Crippen LogP contribution in [-0.2, 0) is 0 Å². The highest BCUT2D eigenvalue weighted by Crippen LogP contribution is 2.19. The maximum atomic E-state index is 7.57. The van der Waals surface area contributed by atoms with Gasteiger partial charge >= 0.3 is 0 Å². The highest BCUT2D eigenvalue weighted by molar-refractivity contribution is 6.08. The Labute approximate surface area is 171 Å². The van der Waals surface area contributed by atoms with Crippen molar-refractivity contribution in [2.75, 3.05) is 18.9 Å². The van der Waals surface area contributed by atoms with Gasteiger partial charge in [0, 0.05) is 61.7 Å². The van der Waals surface area contributed by atoms with Crippen molar-refractivity contribution in [3.05, 3.63) is 60.0 Å². The van der Waals surface area contributed by atoms with Gasteiger partial charge in [-0.1, -0.05) is 0 Å². The first-order valence-corrected chi connectivity index (χ1v) is 9.51. The number of fused-ring (bicyclic) bond motifs is 1. The molecule has 0 aliphatic rings. The fourth-order valence-corrected chi connectivity index (χ4v) is 3.01. The number of nitrogens with zero attached hydrogens (tertiary/aromatic N) is 3. The number of allylic oxidation sites excluding steroid dienone is 2. The second kappa shape index (κ2) is 10.1. The molecule has 2 aromatic heterocycles. The topological polar surface area (TPSA) is 129 Å². The van der Waals surface area contributed by atoms with E-state index in [2.05, 4.69) is 46.3 Å². The summed E-state index contributed by atoms with van der Waals surface area (Å²) in [6.45, 7) is 7.10. The molecule has 2 rings (SSSR count). The Morgan fingerprint density at radius 3 is 2.66 bits per heavy atom. The van der Waals surface area contributed by atoms with E-state index in [-0.39, 0.29) is 0 Å². The van der Waals surface area contributed by atoms with Crippen molar-refractivity contribution < 1.29 is 0 Å². The van der Waals surface area contributed by atoms with Gasteiger partial charge in [-0.3, -0.25) is 4.98 Å². The zero-order chi connectivity index (χ0) is 21.4. The van der Waals surface area contributed by atoms with E-state index in [9.17, 15) is 0 Å². The highest BCUT2D eigenvalue weighted by Gasteiger charge is 2.10. The summed E-state index contributed by atoms with van der Waals surface area (Å²) < 4.78 is 0. The van der Waals surface area contributed by atoms with Crippen molar-refractivity contribution >= 4 is 28.6 Å². The SMILES string of the molecule is CCN(C(/C=C(\N)Nc1ccc2ncc(/C(C=N)=C/NC)cc2n1)=C/N)C(C)C. The third-order valence-electron chi connectivity index (χ3n) is 4.37. The number of hydrogen-bond acceptors (Lipinski definition) is 8. The van der Waals surface area contributed by atoms with Gasteiger partial charge < -0.3 is 32.4 Å². The number of nitrogens with one attached hydrogen (secondary N) is 3. The number of aromatic nitrogens is 2. The van der Waals surface area contributed by atoms with Gasteiger partial charge in [0.25, 0.3) is 0 Å². The van der Waals surface area contributed by atoms with Crippen LogP contribution in [0, 0.1) is 5.41 Å². The predicted octanol–water partition coefficient (Wildman–Crippen LogP) is 2.58. The van der Waals surface area contributed by atoms with E-state index in [0.717, 1.165) is 23.3 Å². The summed E-state index contributed by atoms with van der Waals surface area (Å²) >= 11 is 0. The molecule has 0 unspecified atom stereocenters. The molecule has 0 aliphatic heterocycles. The van der Waals surface area contributed by atoms with Crippen LogP contribution in [0.2, 0.25) is 0 Å². The molecule has 154 valence electrons. The lowest BCUT2D eigenvalue weighted by atomic mass is 10.1. The summed E-state index contributed by atoms with van der Waals surface area (Å²) in [6.07, 6.45) is 8.09. The first kappa shape index (κ1) is 21.7. The molecular formula is C21H30N8. The predicted molar refractivity (Wildman–Crippen MR) is 121 cm³/mol. The van der Waals surface area contributed by atoms with Crippen LogP contribution in [0.1, 0.15) is 26.3 Å². The van der Waals surface area contributed by atoms with Crippen molar-refractivity contribution in [3.8, 4) is 0 Å². The number of nitrogens with two attached hydrogens (primary N) is 2. The molecule has 0 bridgehead atoms. The van der Waals surface area contributed by atoms with Gasteiger partial charge in [-0.25, -0.2) is 4.98 Å². The van der Waals surface area contributed by atoms with E-state index in [0.29, 0.717) is 28.8 Å². The number of pyridine rings is 2. The quantitative estimate of drug-likeness (QED) is 0.326. The zero-order valence-electron chi connectivity index (χ0n) is 17.4. The Hall–Kier alpha value is -3.55. The van der Waals surface area contributed by atoms with Crippen molar-refractivity contribution in [1.29, 1.82) is 5.41 Å². The fraction of sp³-hybridized carbons (Fsp3) is 0.286. The Morgan fingerprint density at radius 1 is 1.31 bits per heavy atom. The summed E-state index contributed by atoms with van der Waals surface area (Å²) in [5.74, 6) is 1.04. The van der Waals surface area contributed by atoms with Gasteiger partial charge in [0.05, 0.1) is 16.7 Å². The Bertz CT molecular complexity index is 943. The molecule has 0 atom stereocenters. The standard InChI is InChI=1S/C21H30N8/c1-5-29(14(2)3)17(11-23)9-20(24)28-21-7-6-18-19(27-21)8-15(13-26-18)16(10-22)12-25-4/h6-14,22,25H,5,23-24H2,1-4H3,(H,27,28)/b16-12+,17-11+,20-9+,22-10?. The van der Waals surface area contributed by atoms with Crippen LogP contribution in [0.3, 0.4) is 0 Å². The van der Waals surface area contributed by atoms with Gasteiger partial charge in [0.1, 0.15) is 11.6 Å². The van der Waals surface area contributed by atoms with Crippen LogP contribution in [0.4, 0.5) is 5.82 Å². The van der Waals surface area contributed by atoms with Gasteiger partial charge in [-0.2, -0.15) is 0 Å². The Morgan fingerprint density at radius 2 is 2.07 bits per heavy atom. The van der Waals surface area contributed by atoms with E-state index >= 15 is 0 Å². The first-order chi connectivity index (χ1) is 13.9. The molecule has 8 nitrogen and oxygen atoms in total. The van der Waals surface area contributed by atoms with E-state index in [1.165, 1.54) is 6.21 Å². The average Bonchev–Trinajstić information content (AvgIpc) is 2.70. The summed E-state index contributed by atoms with van der Waals surface area (Å²) in [7, 11) is 1.79. The van der Waals surface area contributed by atoms with Crippen LogP contribution in [0.25, 0.3) is 16.6 Å². The summed E-state index contributed by atoms with van der Waals surface area (Å²) in [4.78, 5) is 11.2. The molecule has 2 aromatic rings. The molecule has 7 N–H and O–H groups in total. The summed E-state index contributed by atoms with van der Waals surface area (Å²) in [5, 5.41) is 13.6. The van der Waals surface area contributed by atoms with Crippen molar-refractivity contribution in [2.45, 2.75) is 26.8 Å². The maximum absolute atomic E-state index is 7.57. The third kappa shape index (κ3) is 5.47. The molecular weight excluding hydrogens is 364 g/mol. The van der Waals surface area contributed by atoms with Crippen molar-refractivity contribution in [2.24, 2.45) is 11.5 Å². The maximum Gasteiger partial charge on any atom is 0.132 e. The van der Waals surface area contributed by atoms with E-state index in [1.807, 2.05) is 18.2 Å². The van der Waals surface area contributed by atoms with E-state index in [1.54, 1.807) is 31.7 Å². The van der Waals surface area contributed by atoms with Gasteiger partial charge in [0.15, 0.2) is 0 Å². The molecule has 0 spiro atoms. The van der Waals surface area contributed by atoms with Crippen LogP contribution >= 0.6 is 0 Å². The van der Waals surface area contributed by atoms with E-state index < -0.39 is 0 Å². The smallest absolute Gasteiger partial charge is 0.132 e. The van der Waals surface area contributed by atoms with Crippen LogP contribution in [0.15, 0.2) is 54.4 Å². The van der Waals surface area contributed by atoms with Crippen molar-refractivity contribution in [3.63, 3.8) is 0 Å². The lowest BCUT2D eigenvalue weighted by Gasteiger charge is -2.28. The summed E-state index contributed by atoms with van der Waals surface area (Å²) in [5.41, 5.74) is 15.8. The Kier molecular flexibility index (Phi) is 7.59. The molecule has 0 radical (unpaired) electrons. The third-order valence-corrected chi connectivity index (χ3v) is 4.37. The molecule has 0 aromatic carbocycles.